The molecule has 6 heteroatoms. The van der Waals surface area contributed by atoms with Gasteiger partial charge in [0, 0.05) is 5.56 Å². The van der Waals surface area contributed by atoms with Crippen LogP contribution in [0.5, 0.6) is 0 Å². The van der Waals surface area contributed by atoms with Crippen molar-refractivity contribution < 1.29 is 13.6 Å². The second-order valence-electron chi connectivity index (χ2n) is 2.26. The largest absolute Gasteiger partial charge is 0.384 e. The number of aldehydes is 1. The number of anilines is 1. The maximum Gasteiger partial charge on any atom is 0.267 e. The highest BCUT2D eigenvalue weighted by Crippen LogP contribution is 2.27. The topological polar surface area (TPSA) is 56.0 Å². The summed E-state index contributed by atoms with van der Waals surface area (Å²) < 4.78 is 24.8. The van der Waals surface area contributed by atoms with Gasteiger partial charge in [-0.15, -0.1) is 0 Å². The van der Waals surface area contributed by atoms with E-state index in [0.717, 1.165) is 6.07 Å². The fraction of sp³-hybridized carbons (Fsp3) is 0.143. The smallest absolute Gasteiger partial charge is 0.267 e. The molecule has 70 valence electrons. The molecule has 0 spiro atoms. The first-order valence-corrected chi connectivity index (χ1v) is 4.33. The molecule has 1 aromatic rings. The van der Waals surface area contributed by atoms with Crippen molar-refractivity contribution in [1.82, 2.24) is 4.98 Å². The monoisotopic (exact) mass is 298 g/mol. The van der Waals surface area contributed by atoms with Gasteiger partial charge in [0.2, 0.25) is 0 Å². The Hall–Kier alpha value is -0.790. The number of nitrogens with zero attached hydrogens (tertiary/aromatic N) is 1. The highest BCUT2D eigenvalue weighted by atomic mass is 127. The summed E-state index contributed by atoms with van der Waals surface area (Å²) in [7, 11) is 0. The summed E-state index contributed by atoms with van der Waals surface area (Å²) >= 11 is 1.62. The highest BCUT2D eigenvalue weighted by molar-refractivity contribution is 14.1. The Morgan fingerprint density at radius 1 is 1.62 bits per heavy atom. The van der Waals surface area contributed by atoms with Gasteiger partial charge in [-0.05, 0) is 28.7 Å². The summed E-state index contributed by atoms with van der Waals surface area (Å²) in [4.78, 5) is 14.0. The standard InChI is InChI=1S/C7H5F2IN2O/c8-6(9)5-3(2-13)1-4(11)12-7(5)10/h1-2,6H,(H2,11,12). The van der Waals surface area contributed by atoms with Gasteiger partial charge in [-0.1, -0.05) is 0 Å². The van der Waals surface area contributed by atoms with E-state index >= 15 is 0 Å². The number of alkyl halides is 2. The molecule has 13 heavy (non-hydrogen) atoms. The van der Waals surface area contributed by atoms with Gasteiger partial charge < -0.3 is 5.73 Å². The van der Waals surface area contributed by atoms with Crippen LogP contribution >= 0.6 is 22.6 Å². The van der Waals surface area contributed by atoms with Crippen LogP contribution in [0.2, 0.25) is 0 Å². The Kier molecular flexibility index (Phi) is 3.12. The molecule has 0 aliphatic rings. The van der Waals surface area contributed by atoms with E-state index in [1.165, 1.54) is 0 Å². The number of hydrogen-bond acceptors (Lipinski definition) is 3. The minimum Gasteiger partial charge on any atom is -0.384 e. The Bertz CT molecular complexity index is 344. The number of hydrogen-bond donors (Lipinski definition) is 1. The van der Waals surface area contributed by atoms with Crippen LogP contribution in [-0.2, 0) is 0 Å². The van der Waals surface area contributed by atoms with Gasteiger partial charge in [0.15, 0.2) is 6.29 Å². The Labute approximate surface area is 86.5 Å². The predicted octanol–water partition coefficient (Wildman–Crippen LogP) is 2.02. The van der Waals surface area contributed by atoms with Crippen LogP contribution in [0.3, 0.4) is 0 Å². The molecular weight excluding hydrogens is 293 g/mol. The van der Waals surface area contributed by atoms with Gasteiger partial charge in [0.05, 0.1) is 5.56 Å². The van der Waals surface area contributed by atoms with E-state index in [2.05, 4.69) is 4.98 Å². The average Bonchev–Trinajstić information content (AvgIpc) is 2.01. The first-order valence-electron chi connectivity index (χ1n) is 3.25. The zero-order valence-electron chi connectivity index (χ0n) is 6.30. The van der Waals surface area contributed by atoms with E-state index in [1.54, 1.807) is 22.6 Å². The lowest BCUT2D eigenvalue weighted by molar-refractivity contribution is 0.110. The van der Waals surface area contributed by atoms with Gasteiger partial charge >= 0.3 is 0 Å². The molecule has 0 aromatic carbocycles. The fourth-order valence-electron chi connectivity index (χ4n) is 0.876. The molecule has 1 heterocycles. The number of nitrogen functional groups attached to an aromatic ring is 1. The molecule has 0 saturated carbocycles. The van der Waals surface area contributed by atoms with E-state index in [0.29, 0.717) is 6.29 Å². The second-order valence-corrected chi connectivity index (χ2v) is 3.28. The molecule has 0 aliphatic heterocycles. The van der Waals surface area contributed by atoms with Crippen LogP contribution in [-0.4, -0.2) is 11.3 Å². The third-order valence-corrected chi connectivity index (χ3v) is 2.23. The molecule has 0 unspecified atom stereocenters. The lowest BCUT2D eigenvalue weighted by atomic mass is 10.1. The summed E-state index contributed by atoms with van der Waals surface area (Å²) in [5, 5.41) is 0. The second kappa shape index (κ2) is 3.95. The zero-order chi connectivity index (χ0) is 10.0. The Balaban J connectivity index is 3.38. The number of carbonyl (C=O) groups excluding carboxylic acids is 1. The van der Waals surface area contributed by atoms with Crippen molar-refractivity contribution in [2.24, 2.45) is 0 Å². The molecule has 0 fully saturated rings. The number of aromatic nitrogens is 1. The van der Waals surface area contributed by atoms with E-state index in [9.17, 15) is 13.6 Å². The summed E-state index contributed by atoms with van der Waals surface area (Å²) in [5.74, 6) is 0.0656. The first-order chi connectivity index (χ1) is 6.06. The predicted molar refractivity (Wildman–Crippen MR) is 51.7 cm³/mol. The van der Waals surface area contributed by atoms with Gasteiger partial charge in [0.25, 0.3) is 6.43 Å². The lowest BCUT2D eigenvalue weighted by Crippen LogP contribution is -2.03. The van der Waals surface area contributed by atoms with Crippen molar-refractivity contribution >= 4 is 34.7 Å². The molecule has 0 radical (unpaired) electrons. The lowest BCUT2D eigenvalue weighted by Gasteiger charge is -2.06. The molecule has 0 saturated heterocycles. The molecular formula is C7H5F2IN2O. The number of pyridine rings is 1. The third-order valence-electron chi connectivity index (χ3n) is 1.41. The Morgan fingerprint density at radius 3 is 2.69 bits per heavy atom. The van der Waals surface area contributed by atoms with Crippen LogP contribution in [0.1, 0.15) is 22.3 Å². The molecule has 1 rings (SSSR count). The quantitative estimate of drug-likeness (QED) is 0.516. The van der Waals surface area contributed by atoms with Crippen LogP contribution in [0.15, 0.2) is 6.07 Å². The van der Waals surface area contributed by atoms with E-state index in [1.807, 2.05) is 0 Å². The SMILES string of the molecule is Nc1cc(C=O)c(C(F)F)c(I)n1. The van der Waals surface area contributed by atoms with Crippen LogP contribution in [0, 0.1) is 3.70 Å². The van der Waals surface area contributed by atoms with Crippen molar-refractivity contribution in [3.63, 3.8) is 0 Å². The molecule has 0 aliphatic carbocycles. The summed E-state index contributed by atoms with van der Waals surface area (Å²) in [6.45, 7) is 0. The fourth-order valence-corrected chi connectivity index (χ4v) is 1.70. The van der Waals surface area contributed by atoms with Gasteiger partial charge in [0.1, 0.15) is 9.52 Å². The van der Waals surface area contributed by atoms with E-state index in [-0.39, 0.29) is 20.6 Å². The van der Waals surface area contributed by atoms with Crippen molar-refractivity contribution in [3.8, 4) is 0 Å². The number of rotatable bonds is 2. The van der Waals surface area contributed by atoms with Crippen LogP contribution in [0.4, 0.5) is 14.6 Å². The van der Waals surface area contributed by atoms with Gasteiger partial charge in [-0.2, -0.15) is 0 Å². The van der Waals surface area contributed by atoms with Gasteiger partial charge in [-0.3, -0.25) is 4.79 Å². The van der Waals surface area contributed by atoms with Crippen molar-refractivity contribution in [2.75, 3.05) is 5.73 Å². The number of nitrogens with two attached hydrogens (primary N) is 1. The van der Waals surface area contributed by atoms with Crippen molar-refractivity contribution in [3.05, 3.63) is 20.9 Å². The first kappa shape index (κ1) is 10.3. The van der Waals surface area contributed by atoms with Crippen molar-refractivity contribution in [2.45, 2.75) is 6.43 Å². The molecule has 0 atom stereocenters. The molecule has 2 N–H and O–H groups in total. The molecule has 1 aromatic heterocycles. The Morgan fingerprint density at radius 2 is 2.23 bits per heavy atom. The maximum atomic E-state index is 12.4. The minimum absolute atomic E-state index is 0.0645. The molecule has 0 bridgehead atoms. The van der Waals surface area contributed by atoms with E-state index < -0.39 is 6.43 Å². The van der Waals surface area contributed by atoms with Crippen LogP contribution in [0.25, 0.3) is 0 Å². The summed E-state index contributed by atoms with van der Waals surface area (Å²) in [6.07, 6.45) is -2.36. The number of halogens is 3. The maximum absolute atomic E-state index is 12.4. The molecule has 0 amide bonds. The van der Waals surface area contributed by atoms with E-state index in [4.69, 9.17) is 5.73 Å². The summed E-state index contributed by atoms with van der Waals surface area (Å²) in [6, 6.07) is 1.14. The minimum atomic E-state index is -2.71. The molecule has 3 nitrogen and oxygen atoms in total. The normalized spacial score (nSPS) is 10.5. The zero-order valence-corrected chi connectivity index (χ0v) is 8.46. The van der Waals surface area contributed by atoms with Crippen molar-refractivity contribution in [1.29, 1.82) is 0 Å². The summed E-state index contributed by atoms with van der Waals surface area (Å²) in [5.41, 5.74) is 4.82. The van der Waals surface area contributed by atoms with Gasteiger partial charge in [-0.25, -0.2) is 13.8 Å². The van der Waals surface area contributed by atoms with Crippen LogP contribution < -0.4 is 5.73 Å². The third kappa shape index (κ3) is 2.11. The average molecular weight is 298 g/mol. The number of carbonyl (C=O) groups is 1. The highest BCUT2D eigenvalue weighted by Gasteiger charge is 2.18.